The number of rotatable bonds is 5. The van der Waals surface area contributed by atoms with Crippen molar-refractivity contribution in [3.8, 4) is 0 Å². The van der Waals surface area contributed by atoms with Gasteiger partial charge in [0.25, 0.3) is 0 Å². The van der Waals surface area contributed by atoms with Crippen LogP contribution in [0.5, 0.6) is 0 Å². The predicted octanol–water partition coefficient (Wildman–Crippen LogP) is 6.18. The van der Waals surface area contributed by atoms with Gasteiger partial charge in [-0.3, -0.25) is 0 Å². The largest absolute Gasteiger partial charge is 0.117 e. The van der Waals surface area contributed by atoms with Crippen molar-refractivity contribution in [3.05, 3.63) is 29.5 Å². The van der Waals surface area contributed by atoms with E-state index in [0.29, 0.717) is 0 Å². The SMILES string of the molecule is C1=CC=CC=1CCP(C1CCCCC1)C1CCCCC1. The topological polar surface area (TPSA) is 0 Å². The molecule has 0 aliphatic heterocycles. The molecule has 0 atom stereocenters. The first-order valence-corrected chi connectivity index (χ1v) is 10.5. The second-order valence-electron chi connectivity index (χ2n) is 6.77. The van der Waals surface area contributed by atoms with Gasteiger partial charge in [0.05, 0.1) is 0 Å². The molecule has 0 aromatic carbocycles. The van der Waals surface area contributed by atoms with Crippen molar-refractivity contribution in [2.75, 3.05) is 6.16 Å². The first-order chi connectivity index (χ1) is 9.93. The molecule has 0 radical (unpaired) electrons. The fourth-order valence-electron chi connectivity index (χ4n) is 4.26. The fourth-order valence-corrected chi connectivity index (χ4v) is 8.14. The smallest absolute Gasteiger partial charge is 0.00566 e. The summed E-state index contributed by atoms with van der Waals surface area (Å²) in [5.74, 6) is 0. The van der Waals surface area contributed by atoms with Crippen LogP contribution in [0.1, 0.15) is 70.6 Å². The van der Waals surface area contributed by atoms with E-state index in [2.05, 4.69) is 24.0 Å². The molecule has 0 N–H and O–H groups in total. The lowest BCUT2D eigenvalue weighted by Crippen LogP contribution is -2.22. The lowest BCUT2D eigenvalue weighted by Gasteiger charge is -2.38. The third kappa shape index (κ3) is 3.87. The third-order valence-corrected chi connectivity index (χ3v) is 9.04. The summed E-state index contributed by atoms with van der Waals surface area (Å²) in [5.41, 5.74) is 7.09. The van der Waals surface area contributed by atoms with E-state index in [-0.39, 0.29) is 7.92 Å². The quantitative estimate of drug-likeness (QED) is 0.419. The van der Waals surface area contributed by atoms with Gasteiger partial charge in [-0.05, 0) is 61.2 Å². The van der Waals surface area contributed by atoms with Gasteiger partial charge in [0.2, 0.25) is 0 Å². The van der Waals surface area contributed by atoms with Gasteiger partial charge in [0.1, 0.15) is 0 Å². The van der Waals surface area contributed by atoms with Gasteiger partial charge in [0, 0.05) is 0 Å². The molecule has 3 aliphatic rings. The Morgan fingerprint density at radius 1 is 0.900 bits per heavy atom. The minimum Gasteiger partial charge on any atom is -0.117 e. The van der Waals surface area contributed by atoms with E-state index in [1.165, 1.54) is 56.7 Å². The van der Waals surface area contributed by atoms with E-state index in [0.717, 1.165) is 11.3 Å². The zero-order valence-corrected chi connectivity index (χ0v) is 13.7. The van der Waals surface area contributed by atoms with Crippen molar-refractivity contribution in [2.45, 2.75) is 81.9 Å². The van der Waals surface area contributed by atoms with E-state index in [9.17, 15) is 0 Å². The van der Waals surface area contributed by atoms with E-state index in [4.69, 9.17) is 0 Å². The summed E-state index contributed by atoms with van der Waals surface area (Å²) in [6.45, 7) is 0. The maximum Gasteiger partial charge on any atom is -0.00566 e. The number of hydrogen-bond acceptors (Lipinski definition) is 0. The lowest BCUT2D eigenvalue weighted by atomic mass is 9.99. The van der Waals surface area contributed by atoms with E-state index >= 15 is 0 Å². The zero-order valence-electron chi connectivity index (χ0n) is 12.8. The van der Waals surface area contributed by atoms with Crippen molar-refractivity contribution in [3.63, 3.8) is 0 Å². The van der Waals surface area contributed by atoms with Crippen LogP contribution >= 0.6 is 7.92 Å². The van der Waals surface area contributed by atoms with Crippen molar-refractivity contribution in [2.24, 2.45) is 0 Å². The standard InChI is InChI=1S/C19H29P/c1-3-11-18(12-4-1)20(19-13-5-2-6-14-19)16-15-17-9-7-8-10-17/h7-9,18-19H,1-6,11-16H2. The molecule has 2 fully saturated rings. The third-order valence-electron chi connectivity index (χ3n) is 5.39. The Morgan fingerprint density at radius 2 is 1.50 bits per heavy atom. The molecule has 2 saturated carbocycles. The summed E-state index contributed by atoms with van der Waals surface area (Å²) in [5, 5.41) is 0. The molecule has 0 heterocycles. The summed E-state index contributed by atoms with van der Waals surface area (Å²) in [6, 6.07) is 0. The fraction of sp³-hybridized carbons (Fsp3) is 0.737. The average Bonchev–Trinajstić information content (AvgIpc) is 3.03. The Labute approximate surface area is 126 Å². The predicted molar refractivity (Wildman–Crippen MR) is 90.9 cm³/mol. The highest BCUT2D eigenvalue weighted by Gasteiger charge is 2.30. The molecule has 0 nitrogen and oxygen atoms in total. The highest BCUT2D eigenvalue weighted by atomic mass is 31.1. The maximum atomic E-state index is 3.41. The van der Waals surface area contributed by atoms with Gasteiger partial charge in [-0.2, -0.15) is 0 Å². The lowest BCUT2D eigenvalue weighted by molar-refractivity contribution is 0.484. The van der Waals surface area contributed by atoms with Crippen LogP contribution in [0.15, 0.2) is 29.5 Å². The van der Waals surface area contributed by atoms with Gasteiger partial charge < -0.3 is 0 Å². The van der Waals surface area contributed by atoms with E-state index in [1.54, 1.807) is 25.7 Å². The molecule has 0 unspecified atom stereocenters. The van der Waals surface area contributed by atoms with Crippen molar-refractivity contribution < 1.29 is 0 Å². The van der Waals surface area contributed by atoms with Crippen molar-refractivity contribution >= 4 is 7.92 Å². The van der Waals surface area contributed by atoms with Crippen LogP contribution in [0.2, 0.25) is 0 Å². The Morgan fingerprint density at radius 3 is 2.00 bits per heavy atom. The second-order valence-corrected chi connectivity index (χ2v) is 9.70. The summed E-state index contributed by atoms with van der Waals surface area (Å²) in [4.78, 5) is 0. The Balaban J connectivity index is 1.61. The van der Waals surface area contributed by atoms with Gasteiger partial charge in [-0.15, -0.1) is 5.73 Å². The molecular weight excluding hydrogens is 259 g/mol. The van der Waals surface area contributed by atoms with Gasteiger partial charge in [0.15, 0.2) is 0 Å². The van der Waals surface area contributed by atoms with Crippen LogP contribution in [0.25, 0.3) is 0 Å². The normalized spacial score (nSPS) is 24.6. The molecule has 110 valence electrons. The average molecular weight is 288 g/mol. The molecule has 0 amide bonds. The molecule has 0 bridgehead atoms. The van der Waals surface area contributed by atoms with Crippen LogP contribution in [-0.4, -0.2) is 17.5 Å². The Hall–Kier alpha value is -0.310. The summed E-state index contributed by atoms with van der Waals surface area (Å²) >= 11 is 0. The first kappa shape index (κ1) is 14.6. The summed E-state index contributed by atoms with van der Waals surface area (Å²) in [6.07, 6.45) is 24.5. The molecule has 1 heteroatoms. The zero-order chi connectivity index (χ0) is 13.6. The van der Waals surface area contributed by atoms with Gasteiger partial charge in [-0.1, -0.05) is 58.6 Å². The van der Waals surface area contributed by atoms with Crippen molar-refractivity contribution in [1.29, 1.82) is 0 Å². The molecule has 0 spiro atoms. The molecule has 3 rings (SSSR count). The van der Waals surface area contributed by atoms with Crippen molar-refractivity contribution in [1.82, 2.24) is 0 Å². The summed E-state index contributed by atoms with van der Waals surface area (Å²) < 4.78 is 0. The van der Waals surface area contributed by atoms with Gasteiger partial charge >= 0.3 is 0 Å². The molecule has 3 aliphatic carbocycles. The van der Waals surface area contributed by atoms with Crippen LogP contribution < -0.4 is 0 Å². The first-order valence-electron chi connectivity index (χ1n) is 8.81. The van der Waals surface area contributed by atoms with Gasteiger partial charge in [-0.25, -0.2) is 0 Å². The van der Waals surface area contributed by atoms with Crippen LogP contribution in [0.4, 0.5) is 0 Å². The van der Waals surface area contributed by atoms with Crippen LogP contribution in [0, 0.1) is 0 Å². The molecule has 0 aromatic heterocycles. The second kappa shape index (κ2) is 7.63. The number of hydrogen-bond donors (Lipinski definition) is 0. The molecule has 20 heavy (non-hydrogen) atoms. The summed E-state index contributed by atoms with van der Waals surface area (Å²) in [7, 11) is 0.278. The minimum absolute atomic E-state index is 0.278. The van der Waals surface area contributed by atoms with Crippen LogP contribution in [0.3, 0.4) is 0 Å². The highest BCUT2D eigenvalue weighted by Crippen LogP contribution is 2.56. The molecule has 0 aromatic rings. The van der Waals surface area contributed by atoms with E-state index in [1.807, 2.05) is 0 Å². The Bertz CT molecular complexity index is 370. The minimum atomic E-state index is 0.278. The molecule has 0 saturated heterocycles. The number of allylic oxidation sites excluding steroid dienone is 3. The maximum absolute atomic E-state index is 3.41. The Kier molecular flexibility index (Phi) is 5.58. The van der Waals surface area contributed by atoms with E-state index < -0.39 is 0 Å². The highest BCUT2D eigenvalue weighted by molar-refractivity contribution is 7.59. The van der Waals surface area contributed by atoms with Crippen LogP contribution in [-0.2, 0) is 0 Å². The molecular formula is C19H29P. The monoisotopic (exact) mass is 288 g/mol.